The predicted molar refractivity (Wildman–Crippen MR) is 83.4 cm³/mol. The fourth-order valence-electron chi connectivity index (χ4n) is 2.15. The predicted octanol–water partition coefficient (Wildman–Crippen LogP) is 3.42. The number of aromatic nitrogens is 1. The smallest absolute Gasteiger partial charge is 0.246 e. The Labute approximate surface area is 119 Å². The summed E-state index contributed by atoms with van der Waals surface area (Å²) >= 11 is 0. The fourth-order valence-corrected chi connectivity index (χ4v) is 2.15. The van der Waals surface area contributed by atoms with Gasteiger partial charge in [0.2, 0.25) is 5.91 Å². The average molecular weight is 268 g/mol. The number of benzene rings is 1. The molecule has 0 saturated heterocycles. The zero-order chi connectivity index (χ0) is 14.5. The van der Waals surface area contributed by atoms with Crippen molar-refractivity contribution in [1.82, 2.24) is 9.88 Å². The van der Waals surface area contributed by atoms with Crippen molar-refractivity contribution in [2.24, 2.45) is 0 Å². The summed E-state index contributed by atoms with van der Waals surface area (Å²) in [6, 6.07) is 10.1. The molecule has 1 heterocycles. The molecule has 1 aromatic carbocycles. The molecule has 0 bridgehead atoms. The molecule has 0 fully saturated rings. The van der Waals surface area contributed by atoms with Gasteiger partial charge in [-0.05, 0) is 45.0 Å². The van der Waals surface area contributed by atoms with E-state index < -0.39 is 0 Å². The number of carbonyl (C=O) groups excluding carboxylic acids is 1. The van der Waals surface area contributed by atoms with Crippen LogP contribution in [-0.2, 0) is 4.79 Å². The quantitative estimate of drug-likeness (QED) is 0.796. The van der Waals surface area contributed by atoms with Crippen LogP contribution in [0.25, 0.3) is 17.0 Å². The van der Waals surface area contributed by atoms with Gasteiger partial charge in [0.1, 0.15) is 0 Å². The molecule has 3 nitrogen and oxygen atoms in total. The van der Waals surface area contributed by atoms with Gasteiger partial charge in [-0.25, -0.2) is 4.98 Å². The van der Waals surface area contributed by atoms with E-state index in [1.165, 1.54) is 5.56 Å². The van der Waals surface area contributed by atoms with E-state index in [1.54, 1.807) is 17.1 Å². The Bertz CT molecular complexity index is 642. The van der Waals surface area contributed by atoms with Crippen molar-refractivity contribution in [2.45, 2.75) is 20.8 Å². The van der Waals surface area contributed by atoms with E-state index >= 15 is 0 Å². The third-order valence-corrected chi connectivity index (χ3v) is 3.34. The van der Waals surface area contributed by atoms with Crippen LogP contribution in [0.2, 0.25) is 0 Å². The maximum Gasteiger partial charge on any atom is 0.246 e. The molecule has 0 radical (unpaired) electrons. The summed E-state index contributed by atoms with van der Waals surface area (Å²) in [4.78, 5) is 18.2. The first-order chi connectivity index (χ1) is 9.63. The van der Waals surface area contributed by atoms with Crippen LogP contribution in [0.3, 0.4) is 0 Å². The summed E-state index contributed by atoms with van der Waals surface area (Å²) in [7, 11) is 0. The van der Waals surface area contributed by atoms with Gasteiger partial charge in [-0.1, -0.05) is 17.7 Å². The molecule has 2 aromatic rings. The third kappa shape index (κ3) is 3.23. The van der Waals surface area contributed by atoms with Gasteiger partial charge in [0.25, 0.3) is 0 Å². The largest absolute Gasteiger partial charge is 0.340 e. The summed E-state index contributed by atoms with van der Waals surface area (Å²) in [5.74, 6) is 0.0285. The Morgan fingerprint density at radius 1 is 1.20 bits per heavy atom. The van der Waals surface area contributed by atoms with Gasteiger partial charge in [0.15, 0.2) is 0 Å². The first-order valence-corrected chi connectivity index (χ1v) is 6.98. The third-order valence-electron chi connectivity index (χ3n) is 3.34. The van der Waals surface area contributed by atoms with Crippen molar-refractivity contribution in [3.8, 4) is 0 Å². The highest BCUT2D eigenvalue weighted by molar-refractivity contribution is 5.92. The molecule has 1 amide bonds. The number of rotatable bonds is 4. The van der Waals surface area contributed by atoms with Gasteiger partial charge in [0.05, 0.1) is 11.2 Å². The first-order valence-electron chi connectivity index (χ1n) is 6.98. The topological polar surface area (TPSA) is 33.2 Å². The number of nitrogens with zero attached hydrogens (tertiary/aromatic N) is 2. The number of carbonyl (C=O) groups is 1. The lowest BCUT2D eigenvalue weighted by molar-refractivity contribution is -0.125. The normalized spacial score (nSPS) is 11.2. The maximum atomic E-state index is 11.9. The van der Waals surface area contributed by atoms with E-state index in [9.17, 15) is 4.79 Å². The summed E-state index contributed by atoms with van der Waals surface area (Å²) in [5, 5.41) is 1.12. The van der Waals surface area contributed by atoms with Crippen molar-refractivity contribution in [2.75, 3.05) is 13.1 Å². The van der Waals surface area contributed by atoms with Gasteiger partial charge in [0, 0.05) is 24.6 Å². The van der Waals surface area contributed by atoms with Gasteiger partial charge >= 0.3 is 0 Å². The highest BCUT2D eigenvalue weighted by Gasteiger charge is 2.04. The minimum atomic E-state index is 0.0285. The Morgan fingerprint density at radius 3 is 2.65 bits per heavy atom. The number of fused-ring (bicyclic) bond motifs is 1. The molecular weight excluding hydrogens is 248 g/mol. The van der Waals surface area contributed by atoms with Crippen molar-refractivity contribution < 1.29 is 4.79 Å². The Hall–Kier alpha value is -2.16. The number of hydrogen-bond donors (Lipinski definition) is 0. The van der Waals surface area contributed by atoms with Crippen LogP contribution < -0.4 is 0 Å². The number of pyridine rings is 1. The number of amides is 1. The number of likely N-dealkylation sites (N-methyl/N-ethyl adjacent to an activating group) is 1. The highest BCUT2D eigenvalue weighted by atomic mass is 16.2. The molecule has 1 aromatic heterocycles. The van der Waals surface area contributed by atoms with Gasteiger partial charge in [-0.3, -0.25) is 4.79 Å². The highest BCUT2D eigenvalue weighted by Crippen LogP contribution is 2.15. The van der Waals surface area contributed by atoms with Crippen molar-refractivity contribution in [3.05, 3.63) is 47.7 Å². The molecule has 0 spiro atoms. The summed E-state index contributed by atoms with van der Waals surface area (Å²) < 4.78 is 0. The monoisotopic (exact) mass is 268 g/mol. The zero-order valence-corrected chi connectivity index (χ0v) is 12.3. The van der Waals surface area contributed by atoms with E-state index in [0.717, 1.165) is 29.7 Å². The summed E-state index contributed by atoms with van der Waals surface area (Å²) in [6.45, 7) is 7.47. The van der Waals surface area contributed by atoms with Gasteiger partial charge in [-0.2, -0.15) is 0 Å². The fraction of sp³-hybridized carbons (Fsp3) is 0.294. The minimum absolute atomic E-state index is 0.0285. The summed E-state index contributed by atoms with van der Waals surface area (Å²) in [5.41, 5.74) is 2.98. The number of aryl methyl sites for hydroxylation is 1. The molecule has 0 aliphatic carbocycles. The molecule has 20 heavy (non-hydrogen) atoms. The lowest BCUT2D eigenvalue weighted by Crippen LogP contribution is -2.28. The molecule has 0 N–H and O–H groups in total. The molecule has 0 unspecified atom stereocenters. The van der Waals surface area contributed by atoms with Crippen LogP contribution in [0, 0.1) is 6.92 Å². The first kappa shape index (κ1) is 14.3. The van der Waals surface area contributed by atoms with E-state index in [2.05, 4.69) is 18.0 Å². The van der Waals surface area contributed by atoms with Crippen LogP contribution in [0.5, 0.6) is 0 Å². The average Bonchev–Trinajstić information content (AvgIpc) is 2.46. The number of hydrogen-bond acceptors (Lipinski definition) is 2. The van der Waals surface area contributed by atoms with Gasteiger partial charge < -0.3 is 4.90 Å². The van der Waals surface area contributed by atoms with E-state index in [-0.39, 0.29) is 5.91 Å². The van der Waals surface area contributed by atoms with Crippen LogP contribution in [0.4, 0.5) is 0 Å². The van der Waals surface area contributed by atoms with Crippen LogP contribution in [-0.4, -0.2) is 28.9 Å². The molecule has 0 atom stereocenters. The van der Waals surface area contributed by atoms with Crippen LogP contribution in [0.15, 0.2) is 36.4 Å². The SMILES string of the molecule is CCN(CC)C(=O)/C=C/c1ccc2cc(C)ccc2n1. The lowest BCUT2D eigenvalue weighted by atomic mass is 10.1. The zero-order valence-electron chi connectivity index (χ0n) is 12.3. The molecule has 2 rings (SSSR count). The second kappa shape index (κ2) is 6.33. The van der Waals surface area contributed by atoms with Crippen molar-refractivity contribution in [3.63, 3.8) is 0 Å². The van der Waals surface area contributed by atoms with Crippen LogP contribution in [0.1, 0.15) is 25.1 Å². The van der Waals surface area contributed by atoms with Crippen LogP contribution >= 0.6 is 0 Å². The molecule has 0 aliphatic heterocycles. The maximum absolute atomic E-state index is 11.9. The molecule has 3 heteroatoms. The van der Waals surface area contributed by atoms with Gasteiger partial charge in [-0.15, -0.1) is 0 Å². The Balaban J connectivity index is 2.21. The second-order valence-corrected chi connectivity index (χ2v) is 4.78. The van der Waals surface area contributed by atoms with Crippen molar-refractivity contribution >= 4 is 22.9 Å². The Morgan fingerprint density at radius 2 is 1.95 bits per heavy atom. The molecule has 104 valence electrons. The lowest BCUT2D eigenvalue weighted by Gasteiger charge is -2.15. The van der Waals surface area contributed by atoms with E-state index in [4.69, 9.17) is 0 Å². The van der Waals surface area contributed by atoms with Crippen molar-refractivity contribution in [1.29, 1.82) is 0 Å². The standard InChI is InChI=1S/C17H20N2O/c1-4-19(5-2)17(20)11-9-15-8-7-14-12-13(3)6-10-16(14)18-15/h6-12H,4-5H2,1-3H3/b11-9+. The molecule has 0 saturated carbocycles. The minimum Gasteiger partial charge on any atom is -0.340 e. The van der Waals surface area contributed by atoms with E-state index in [0.29, 0.717) is 0 Å². The Kier molecular flexibility index (Phi) is 4.51. The molecule has 0 aliphatic rings. The molecular formula is C17H20N2O. The summed E-state index contributed by atoms with van der Waals surface area (Å²) in [6.07, 6.45) is 3.37. The second-order valence-electron chi connectivity index (χ2n) is 4.78. The van der Waals surface area contributed by atoms with E-state index in [1.807, 2.05) is 38.1 Å².